The van der Waals surface area contributed by atoms with E-state index in [2.05, 4.69) is 0 Å². The SMILES string of the molecule is O=C1OC(=O)c2ccc3c4c(c5c6c7c(ccc63)C(=O)OC(=O)C7C=C5)CC=C1c24. The number of rotatable bonds is 0. The van der Waals surface area contributed by atoms with E-state index in [0.29, 0.717) is 34.2 Å². The minimum absolute atomic E-state index is 0.371. The molecule has 2 heterocycles. The van der Waals surface area contributed by atoms with Crippen molar-refractivity contribution < 1.29 is 28.7 Å². The molecule has 1 unspecified atom stereocenters. The Morgan fingerprint density at radius 2 is 1.53 bits per heavy atom. The van der Waals surface area contributed by atoms with Crippen molar-refractivity contribution in [2.24, 2.45) is 0 Å². The molecule has 2 aliphatic carbocycles. The van der Waals surface area contributed by atoms with E-state index in [1.807, 2.05) is 18.2 Å². The van der Waals surface area contributed by atoms with Crippen LogP contribution in [0.5, 0.6) is 0 Å². The second-order valence-electron chi connectivity index (χ2n) is 7.80. The number of ether oxygens (including phenoxy) is 2. The number of hydrogen-bond acceptors (Lipinski definition) is 6. The molecule has 0 bridgehead atoms. The highest BCUT2D eigenvalue weighted by molar-refractivity contribution is 6.32. The Labute approximate surface area is 168 Å². The van der Waals surface area contributed by atoms with Gasteiger partial charge in [0.2, 0.25) is 0 Å². The number of benzene rings is 3. The molecule has 4 aliphatic rings. The third-order valence-electron chi connectivity index (χ3n) is 6.48. The summed E-state index contributed by atoms with van der Waals surface area (Å²) in [6.07, 6.45) is 5.91. The maximum absolute atomic E-state index is 12.4. The smallest absolute Gasteiger partial charge is 0.346 e. The van der Waals surface area contributed by atoms with Crippen LogP contribution in [-0.2, 0) is 25.5 Å². The molecule has 30 heavy (non-hydrogen) atoms. The van der Waals surface area contributed by atoms with Crippen molar-refractivity contribution in [1.29, 1.82) is 0 Å². The third-order valence-corrected chi connectivity index (χ3v) is 6.48. The van der Waals surface area contributed by atoms with E-state index in [0.717, 1.165) is 32.7 Å². The van der Waals surface area contributed by atoms with Crippen molar-refractivity contribution in [1.82, 2.24) is 0 Å². The predicted molar refractivity (Wildman–Crippen MR) is 106 cm³/mol. The van der Waals surface area contributed by atoms with Crippen LogP contribution in [0.4, 0.5) is 0 Å². The van der Waals surface area contributed by atoms with Gasteiger partial charge in [-0.25, -0.2) is 14.4 Å². The highest BCUT2D eigenvalue weighted by atomic mass is 16.6. The number of cyclic esters (lactones) is 4. The maximum Gasteiger partial charge on any atom is 0.346 e. The zero-order valence-electron chi connectivity index (χ0n) is 15.3. The van der Waals surface area contributed by atoms with Crippen molar-refractivity contribution in [2.45, 2.75) is 12.3 Å². The van der Waals surface area contributed by atoms with Crippen LogP contribution in [0, 0.1) is 0 Å². The molecule has 2 aliphatic heterocycles. The molecule has 0 radical (unpaired) electrons. The molecule has 6 heteroatoms. The van der Waals surface area contributed by atoms with E-state index >= 15 is 0 Å². The predicted octanol–water partition coefficient (Wildman–Crippen LogP) is 3.44. The Morgan fingerprint density at radius 1 is 0.800 bits per heavy atom. The molecule has 0 saturated heterocycles. The highest BCUT2D eigenvalue weighted by Gasteiger charge is 2.39. The number of carbonyl (C=O) groups excluding carboxylic acids is 4. The molecule has 1 atom stereocenters. The number of fused-ring (bicyclic) bond motifs is 2. The fourth-order valence-electron chi connectivity index (χ4n) is 5.29. The molecule has 142 valence electrons. The molecule has 3 aromatic rings. The van der Waals surface area contributed by atoms with E-state index in [9.17, 15) is 19.2 Å². The monoisotopic (exact) mass is 394 g/mol. The second-order valence-corrected chi connectivity index (χ2v) is 7.80. The normalized spacial score (nSPS) is 20.4. The second kappa shape index (κ2) is 4.91. The number of carbonyl (C=O) groups is 4. The van der Waals surface area contributed by atoms with Gasteiger partial charge in [0.25, 0.3) is 0 Å². The van der Waals surface area contributed by atoms with Gasteiger partial charge in [-0.05, 0) is 56.8 Å². The molecule has 0 amide bonds. The fraction of sp³-hybridized carbons (Fsp3) is 0.0833. The van der Waals surface area contributed by atoms with Crippen LogP contribution in [-0.4, -0.2) is 23.9 Å². The summed E-state index contributed by atoms with van der Waals surface area (Å²) in [5.41, 5.74) is 4.33. The average Bonchev–Trinajstić information content (AvgIpc) is 2.74. The van der Waals surface area contributed by atoms with Crippen molar-refractivity contribution in [3.8, 4) is 0 Å². The average molecular weight is 394 g/mol. The van der Waals surface area contributed by atoms with E-state index in [4.69, 9.17) is 9.47 Å². The summed E-state index contributed by atoms with van der Waals surface area (Å²) in [5.74, 6) is -3.11. The Hall–Kier alpha value is -4.06. The summed E-state index contributed by atoms with van der Waals surface area (Å²) in [6.45, 7) is 0. The lowest BCUT2D eigenvalue weighted by molar-refractivity contribution is -0.139. The molecular formula is C24H10O6. The van der Waals surface area contributed by atoms with E-state index in [1.165, 1.54) is 0 Å². The summed E-state index contributed by atoms with van der Waals surface area (Å²) < 4.78 is 9.81. The Bertz CT molecular complexity index is 1530. The lowest BCUT2D eigenvalue weighted by atomic mass is 9.74. The first-order valence-electron chi connectivity index (χ1n) is 9.54. The van der Waals surface area contributed by atoms with Gasteiger partial charge in [0, 0.05) is 5.56 Å². The summed E-state index contributed by atoms with van der Waals surface area (Å²) in [5, 5.41) is 3.45. The van der Waals surface area contributed by atoms with Gasteiger partial charge in [-0.1, -0.05) is 30.4 Å². The van der Waals surface area contributed by atoms with Crippen molar-refractivity contribution in [2.75, 3.05) is 0 Å². The van der Waals surface area contributed by atoms with Gasteiger partial charge in [0.1, 0.15) is 5.92 Å². The van der Waals surface area contributed by atoms with Gasteiger partial charge in [0.15, 0.2) is 0 Å². The maximum atomic E-state index is 12.4. The Morgan fingerprint density at radius 3 is 2.37 bits per heavy atom. The summed E-state index contributed by atoms with van der Waals surface area (Å²) in [4.78, 5) is 49.4. The molecule has 0 N–H and O–H groups in total. The van der Waals surface area contributed by atoms with Crippen LogP contribution in [0.25, 0.3) is 33.2 Å². The van der Waals surface area contributed by atoms with Crippen LogP contribution in [0.3, 0.4) is 0 Å². The molecule has 0 saturated carbocycles. The van der Waals surface area contributed by atoms with Crippen molar-refractivity contribution >= 4 is 57.1 Å². The zero-order chi connectivity index (χ0) is 20.3. The van der Waals surface area contributed by atoms with Crippen molar-refractivity contribution in [3.63, 3.8) is 0 Å². The van der Waals surface area contributed by atoms with Crippen LogP contribution in [0.15, 0.2) is 36.4 Å². The molecule has 6 nitrogen and oxygen atoms in total. The van der Waals surface area contributed by atoms with Crippen molar-refractivity contribution in [3.05, 3.63) is 69.8 Å². The topological polar surface area (TPSA) is 86.7 Å². The number of hydrogen-bond donors (Lipinski definition) is 0. The molecular weight excluding hydrogens is 384 g/mol. The zero-order valence-corrected chi connectivity index (χ0v) is 15.3. The first-order valence-corrected chi connectivity index (χ1v) is 9.54. The summed E-state index contributed by atoms with van der Waals surface area (Å²) in [7, 11) is 0. The fourth-order valence-corrected chi connectivity index (χ4v) is 5.29. The van der Waals surface area contributed by atoms with Gasteiger partial charge in [0.05, 0.1) is 16.7 Å². The number of esters is 4. The first-order chi connectivity index (χ1) is 14.5. The number of allylic oxidation sites excluding steroid dienone is 1. The van der Waals surface area contributed by atoms with Crippen LogP contribution in [0.2, 0.25) is 0 Å². The minimum Gasteiger partial charge on any atom is -0.389 e. The van der Waals surface area contributed by atoms with Gasteiger partial charge < -0.3 is 9.47 Å². The van der Waals surface area contributed by atoms with Gasteiger partial charge >= 0.3 is 23.9 Å². The van der Waals surface area contributed by atoms with Gasteiger partial charge in [-0.2, -0.15) is 0 Å². The van der Waals surface area contributed by atoms with Crippen LogP contribution < -0.4 is 0 Å². The Kier molecular flexibility index (Phi) is 2.59. The van der Waals surface area contributed by atoms with Crippen LogP contribution >= 0.6 is 0 Å². The minimum atomic E-state index is -0.648. The third kappa shape index (κ3) is 1.63. The van der Waals surface area contributed by atoms with Crippen LogP contribution in [0.1, 0.15) is 48.9 Å². The quantitative estimate of drug-likeness (QED) is 0.330. The van der Waals surface area contributed by atoms with Gasteiger partial charge in [-0.15, -0.1) is 0 Å². The standard InChI is InChI=1S/C24H10O6/c25-21-13-5-1-9-10-2-6-15-20-16(24(28)30-23(15)27)8-4-12(18(10)20)11-3-7-14(22(26)29-21)19(13)17(9)11/h1-3,5-8,14H,4H2. The van der Waals surface area contributed by atoms with E-state index in [-0.39, 0.29) is 0 Å². The molecule has 7 rings (SSSR count). The van der Waals surface area contributed by atoms with E-state index < -0.39 is 29.8 Å². The lowest BCUT2D eigenvalue weighted by Crippen LogP contribution is -2.28. The van der Waals surface area contributed by atoms with Gasteiger partial charge in [-0.3, -0.25) is 4.79 Å². The summed E-state index contributed by atoms with van der Waals surface area (Å²) in [6, 6.07) is 7.05. The first kappa shape index (κ1) is 15.8. The Balaban J connectivity index is 1.72. The molecule has 0 fully saturated rings. The summed E-state index contributed by atoms with van der Waals surface area (Å²) >= 11 is 0. The highest BCUT2D eigenvalue weighted by Crippen LogP contribution is 2.48. The lowest BCUT2D eigenvalue weighted by Gasteiger charge is -2.30. The largest absolute Gasteiger partial charge is 0.389 e. The molecule has 0 spiro atoms. The molecule has 3 aromatic carbocycles. The molecule has 0 aromatic heterocycles. The van der Waals surface area contributed by atoms with E-state index in [1.54, 1.807) is 24.3 Å².